The third-order valence-electron chi connectivity index (χ3n) is 2.57. The molecule has 0 aromatic carbocycles. The predicted molar refractivity (Wildman–Crippen MR) is 54.0 cm³/mol. The largest absolute Gasteiger partial charge is 0.359 e. The molecule has 14 heavy (non-hydrogen) atoms. The van der Waals surface area contributed by atoms with Crippen molar-refractivity contribution in [3.05, 3.63) is 0 Å². The van der Waals surface area contributed by atoms with Gasteiger partial charge in [0.05, 0.1) is 0 Å². The highest BCUT2D eigenvalue weighted by Gasteiger charge is 2.15. The van der Waals surface area contributed by atoms with Crippen molar-refractivity contribution < 1.29 is 9.59 Å². The van der Waals surface area contributed by atoms with E-state index in [0.717, 1.165) is 26.1 Å². The third-order valence-corrected chi connectivity index (χ3v) is 2.57. The van der Waals surface area contributed by atoms with E-state index in [2.05, 4.69) is 10.2 Å². The van der Waals surface area contributed by atoms with Gasteiger partial charge in [-0.25, -0.2) is 0 Å². The van der Waals surface area contributed by atoms with Gasteiger partial charge < -0.3 is 10.2 Å². The number of nitrogens with zero attached hydrogens (tertiary/aromatic N) is 1. The van der Waals surface area contributed by atoms with Gasteiger partial charge in [-0.2, -0.15) is 0 Å². The normalized spacial score (nSPS) is 18.2. The summed E-state index contributed by atoms with van der Waals surface area (Å²) >= 11 is 0. The predicted octanol–water partition coefficient (Wildman–Crippen LogP) is 0.178. The lowest BCUT2D eigenvalue weighted by Crippen LogP contribution is -2.34. The molecular formula is C10H18N2O2. The molecule has 0 bridgehead atoms. The summed E-state index contributed by atoms with van der Waals surface area (Å²) in [7, 11) is 1.65. The third kappa shape index (κ3) is 3.87. The van der Waals surface area contributed by atoms with Gasteiger partial charge in [-0.15, -0.1) is 0 Å². The van der Waals surface area contributed by atoms with Crippen molar-refractivity contribution in [1.29, 1.82) is 0 Å². The summed E-state index contributed by atoms with van der Waals surface area (Å²) in [6.07, 6.45) is 2.83. The van der Waals surface area contributed by atoms with E-state index in [1.165, 1.54) is 0 Å². The molecule has 4 heteroatoms. The van der Waals surface area contributed by atoms with Crippen LogP contribution < -0.4 is 5.32 Å². The Morgan fingerprint density at radius 3 is 2.64 bits per heavy atom. The fraction of sp³-hybridized carbons (Fsp3) is 0.800. The van der Waals surface area contributed by atoms with Crippen LogP contribution in [-0.2, 0) is 9.59 Å². The summed E-state index contributed by atoms with van der Waals surface area (Å²) in [5.74, 6) is 0.464. The lowest BCUT2D eigenvalue weighted by molar-refractivity contribution is -0.122. The van der Waals surface area contributed by atoms with E-state index < -0.39 is 0 Å². The van der Waals surface area contributed by atoms with E-state index in [9.17, 15) is 9.59 Å². The Hall–Kier alpha value is -0.900. The van der Waals surface area contributed by atoms with Gasteiger partial charge in [0.25, 0.3) is 0 Å². The molecule has 4 nitrogen and oxygen atoms in total. The maximum atomic E-state index is 10.9. The van der Waals surface area contributed by atoms with Gasteiger partial charge in [0.15, 0.2) is 0 Å². The quantitative estimate of drug-likeness (QED) is 0.701. The van der Waals surface area contributed by atoms with Gasteiger partial charge in [0.2, 0.25) is 5.91 Å². The highest BCUT2D eigenvalue weighted by molar-refractivity contribution is 5.79. The second-order valence-electron chi connectivity index (χ2n) is 3.66. The molecule has 1 amide bonds. The zero-order valence-corrected chi connectivity index (χ0v) is 8.71. The Bertz CT molecular complexity index is 206. The number of carbonyl (C=O) groups is 2. The number of nitrogens with one attached hydrogen (secondary N) is 1. The highest BCUT2D eigenvalue weighted by Crippen LogP contribution is 2.06. The molecule has 0 spiro atoms. The summed E-state index contributed by atoms with van der Waals surface area (Å²) in [4.78, 5) is 24.1. The van der Waals surface area contributed by atoms with Crippen LogP contribution >= 0.6 is 0 Å². The first kappa shape index (κ1) is 11.2. The van der Waals surface area contributed by atoms with Crippen molar-refractivity contribution in [1.82, 2.24) is 10.2 Å². The fourth-order valence-corrected chi connectivity index (χ4v) is 1.61. The number of likely N-dealkylation sites (tertiary alicyclic amines) is 1. The van der Waals surface area contributed by atoms with E-state index in [1.54, 1.807) is 7.05 Å². The second kappa shape index (κ2) is 5.75. The standard InChI is InChI=1S/C10H18N2O2/c1-11-10(14)3-2-6-12-7-4-9(13)5-8-12/h2-8H2,1H3,(H,11,14). The molecule has 1 aliphatic rings. The number of hydrogen-bond donors (Lipinski definition) is 1. The molecule has 1 heterocycles. The van der Waals surface area contributed by atoms with Crippen molar-refractivity contribution in [2.75, 3.05) is 26.7 Å². The van der Waals surface area contributed by atoms with Crippen LogP contribution in [0.3, 0.4) is 0 Å². The number of ketones is 1. The molecule has 1 rings (SSSR count). The Kier molecular flexibility index (Phi) is 4.59. The molecule has 0 unspecified atom stereocenters. The number of carbonyl (C=O) groups excluding carboxylic acids is 2. The number of piperidine rings is 1. The first-order chi connectivity index (χ1) is 6.72. The minimum Gasteiger partial charge on any atom is -0.359 e. The summed E-state index contributed by atoms with van der Waals surface area (Å²) in [5.41, 5.74) is 0. The van der Waals surface area contributed by atoms with Gasteiger partial charge in [-0.3, -0.25) is 9.59 Å². The molecule has 1 N–H and O–H groups in total. The molecule has 80 valence electrons. The molecule has 1 fully saturated rings. The van der Waals surface area contributed by atoms with Crippen molar-refractivity contribution in [3.63, 3.8) is 0 Å². The van der Waals surface area contributed by atoms with E-state index in [4.69, 9.17) is 0 Å². The highest BCUT2D eigenvalue weighted by atomic mass is 16.1. The topological polar surface area (TPSA) is 49.4 Å². The van der Waals surface area contributed by atoms with Gasteiger partial charge in [-0.05, 0) is 13.0 Å². The molecule has 0 saturated carbocycles. The smallest absolute Gasteiger partial charge is 0.219 e. The Labute approximate surface area is 84.7 Å². The van der Waals surface area contributed by atoms with E-state index >= 15 is 0 Å². The number of hydrogen-bond acceptors (Lipinski definition) is 3. The molecule has 0 atom stereocenters. The van der Waals surface area contributed by atoms with Crippen LogP contribution in [-0.4, -0.2) is 43.3 Å². The second-order valence-corrected chi connectivity index (χ2v) is 3.66. The number of rotatable bonds is 4. The van der Waals surface area contributed by atoms with Crippen molar-refractivity contribution in [3.8, 4) is 0 Å². The van der Waals surface area contributed by atoms with Gasteiger partial charge >= 0.3 is 0 Å². The molecule has 0 aliphatic carbocycles. The molecule has 1 saturated heterocycles. The zero-order valence-electron chi connectivity index (χ0n) is 8.71. The first-order valence-electron chi connectivity index (χ1n) is 5.17. The first-order valence-corrected chi connectivity index (χ1v) is 5.17. The summed E-state index contributed by atoms with van der Waals surface area (Å²) < 4.78 is 0. The van der Waals surface area contributed by atoms with Crippen molar-refractivity contribution in [2.24, 2.45) is 0 Å². The monoisotopic (exact) mass is 198 g/mol. The molecule has 0 radical (unpaired) electrons. The maximum absolute atomic E-state index is 10.9. The van der Waals surface area contributed by atoms with Crippen molar-refractivity contribution >= 4 is 11.7 Å². The molecule has 0 aromatic rings. The van der Waals surface area contributed by atoms with Gasteiger partial charge in [0.1, 0.15) is 5.78 Å². The van der Waals surface area contributed by atoms with Crippen LogP contribution in [0.4, 0.5) is 0 Å². The minimum absolute atomic E-state index is 0.0954. The lowest BCUT2D eigenvalue weighted by Gasteiger charge is -2.25. The van der Waals surface area contributed by atoms with Crippen LogP contribution in [0.5, 0.6) is 0 Å². The van der Waals surface area contributed by atoms with E-state index in [-0.39, 0.29) is 5.91 Å². The molecular weight excluding hydrogens is 180 g/mol. The minimum atomic E-state index is 0.0954. The summed E-state index contributed by atoms with van der Waals surface area (Å²) in [6.45, 7) is 2.67. The maximum Gasteiger partial charge on any atom is 0.219 e. The molecule has 1 aliphatic heterocycles. The van der Waals surface area contributed by atoms with Crippen LogP contribution in [0.15, 0.2) is 0 Å². The molecule has 0 aromatic heterocycles. The average molecular weight is 198 g/mol. The SMILES string of the molecule is CNC(=O)CCCN1CCC(=O)CC1. The van der Waals surface area contributed by atoms with Gasteiger partial charge in [-0.1, -0.05) is 0 Å². The van der Waals surface area contributed by atoms with Crippen LogP contribution in [0.2, 0.25) is 0 Å². The van der Waals surface area contributed by atoms with Crippen LogP contribution in [0.25, 0.3) is 0 Å². The van der Waals surface area contributed by atoms with E-state index in [1.807, 2.05) is 0 Å². The van der Waals surface area contributed by atoms with Gasteiger partial charge in [0, 0.05) is 39.4 Å². The summed E-state index contributed by atoms with van der Waals surface area (Å²) in [6, 6.07) is 0. The van der Waals surface area contributed by atoms with Crippen LogP contribution in [0, 0.1) is 0 Å². The van der Waals surface area contributed by atoms with E-state index in [0.29, 0.717) is 25.0 Å². The average Bonchev–Trinajstić information content (AvgIpc) is 2.21. The van der Waals surface area contributed by atoms with Crippen LogP contribution in [0.1, 0.15) is 25.7 Å². The van der Waals surface area contributed by atoms with Crippen molar-refractivity contribution in [2.45, 2.75) is 25.7 Å². The number of Topliss-reactive ketones (excluding diaryl/α,β-unsaturated/α-hetero) is 1. The summed E-state index contributed by atoms with van der Waals surface area (Å²) in [5, 5.41) is 2.60. The Morgan fingerprint density at radius 1 is 1.43 bits per heavy atom. The Morgan fingerprint density at radius 2 is 2.07 bits per heavy atom. The zero-order chi connectivity index (χ0) is 10.4. The Balaban J connectivity index is 2.07. The number of amides is 1. The fourth-order valence-electron chi connectivity index (χ4n) is 1.61. The lowest BCUT2D eigenvalue weighted by atomic mass is 10.1.